The van der Waals surface area contributed by atoms with Gasteiger partial charge in [0.2, 0.25) is 0 Å². The van der Waals surface area contributed by atoms with Crippen molar-refractivity contribution >= 4 is 11.9 Å². The molecule has 10 nitrogen and oxygen atoms in total. The van der Waals surface area contributed by atoms with Crippen molar-refractivity contribution < 1.29 is 47.5 Å². The van der Waals surface area contributed by atoms with Crippen molar-refractivity contribution in [1.29, 1.82) is 0 Å². The second kappa shape index (κ2) is 16.5. The van der Waals surface area contributed by atoms with Gasteiger partial charge in [-0.2, -0.15) is 0 Å². The molecule has 0 aromatic rings. The summed E-state index contributed by atoms with van der Waals surface area (Å²) in [6.45, 7) is 4.39. The first-order valence-electron chi connectivity index (χ1n) is 9.80. The molecule has 170 valence electrons. The maximum absolute atomic E-state index is 12.2. The molecule has 0 spiro atoms. The number of carbonyl (C=O) groups is 2. The number of carbonyl (C=O) groups excluding carboxylic acids is 2. The summed E-state index contributed by atoms with van der Waals surface area (Å²) in [5.74, 6) is -1.12. The number of hydrogen-bond donors (Lipinski definition) is 0. The number of rotatable bonds is 20. The highest BCUT2D eigenvalue weighted by Crippen LogP contribution is 2.47. The predicted molar refractivity (Wildman–Crippen MR) is 101 cm³/mol. The van der Waals surface area contributed by atoms with Gasteiger partial charge in [-0.25, -0.2) is 0 Å². The summed E-state index contributed by atoms with van der Waals surface area (Å²) in [4.78, 5) is 24.3. The smallest absolute Gasteiger partial charge is 0.323 e. The highest BCUT2D eigenvalue weighted by molar-refractivity contribution is 6.03. The first kappa shape index (κ1) is 25.7. The SMILES string of the molecule is COCCOCCOCCOC(=O)C1(C(=O)OCCOCCOCCOC)CC1. The summed E-state index contributed by atoms with van der Waals surface area (Å²) in [6.07, 6.45) is 0.875. The molecule has 29 heavy (non-hydrogen) atoms. The van der Waals surface area contributed by atoms with Gasteiger partial charge in [0, 0.05) is 14.2 Å². The molecule has 1 rings (SSSR count). The van der Waals surface area contributed by atoms with Gasteiger partial charge in [0.15, 0.2) is 5.41 Å². The van der Waals surface area contributed by atoms with E-state index in [9.17, 15) is 9.59 Å². The van der Waals surface area contributed by atoms with Crippen LogP contribution < -0.4 is 0 Å². The van der Waals surface area contributed by atoms with Gasteiger partial charge in [-0.15, -0.1) is 0 Å². The molecule has 0 unspecified atom stereocenters. The van der Waals surface area contributed by atoms with Crippen LogP contribution in [0.1, 0.15) is 12.8 Å². The van der Waals surface area contributed by atoms with Gasteiger partial charge in [0.1, 0.15) is 13.2 Å². The van der Waals surface area contributed by atoms with Gasteiger partial charge in [-0.1, -0.05) is 0 Å². The van der Waals surface area contributed by atoms with E-state index in [1.807, 2.05) is 0 Å². The molecular formula is C19H34O10. The Morgan fingerprint density at radius 2 is 0.862 bits per heavy atom. The van der Waals surface area contributed by atoms with Gasteiger partial charge in [0.05, 0.1) is 66.1 Å². The number of hydrogen-bond acceptors (Lipinski definition) is 10. The highest BCUT2D eigenvalue weighted by Gasteiger charge is 2.59. The Morgan fingerprint density at radius 3 is 1.17 bits per heavy atom. The lowest BCUT2D eigenvalue weighted by atomic mass is 10.1. The fraction of sp³-hybridized carbons (Fsp3) is 0.895. The average Bonchev–Trinajstić information content (AvgIpc) is 3.53. The van der Waals surface area contributed by atoms with Crippen LogP contribution in [-0.4, -0.2) is 105 Å². The molecule has 0 saturated heterocycles. The molecule has 0 aliphatic heterocycles. The van der Waals surface area contributed by atoms with E-state index in [1.54, 1.807) is 14.2 Å². The van der Waals surface area contributed by atoms with Crippen molar-refractivity contribution in [3.63, 3.8) is 0 Å². The zero-order valence-corrected chi connectivity index (χ0v) is 17.5. The van der Waals surface area contributed by atoms with Crippen molar-refractivity contribution in [2.24, 2.45) is 5.41 Å². The van der Waals surface area contributed by atoms with E-state index in [2.05, 4.69) is 0 Å². The summed E-state index contributed by atoms with van der Waals surface area (Å²) < 4.78 is 41.1. The topological polar surface area (TPSA) is 108 Å². The van der Waals surface area contributed by atoms with Crippen LogP contribution in [-0.2, 0) is 47.5 Å². The molecule has 1 aliphatic rings. The van der Waals surface area contributed by atoms with E-state index in [0.29, 0.717) is 65.7 Å². The third-order valence-electron chi connectivity index (χ3n) is 4.06. The fourth-order valence-corrected chi connectivity index (χ4v) is 2.21. The molecule has 0 N–H and O–H groups in total. The normalized spacial score (nSPS) is 14.6. The molecule has 0 radical (unpaired) electrons. The molecule has 0 bridgehead atoms. The van der Waals surface area contributed by atoms with E-state index >= 15 is 0 Å². The third kappa shape index (κ3) is 11.5. The lowest BCUT2D eigenvalue weighted by Gasteiger charge is -2.14. The van der Waals surface area contributed by atoms with Crippen LogP contribution in [0.4, 0.5) is 0 Å². The van der Waals surface area contributed by atoms with Gasteiger partial charge < -0.3 is 37.9 Å². The van der Waals surface area contributed by atoms with Crippen LogP contribution in [0.25, 0.3) is 0 Å². The second-order valence-electron chi connectivity index (χ2n) is 6.29. The second-order valence-corrected chi connectivity index (χ2v) is 6.29. The summed E-state index contributed by atoms with van der Waals surface area (Å²) in [5, 5.41) is 0. The molecule has 0 amide bonds. The minimum Gasteiger partial charge on any atom is -0.462 e. The van der Waals surface area contributed by atoms with E-state index in [0.717, 1.165) is 0 Å². The molecular weight excluding hydrogens is 388 g/mol. The molecule has 0 aromatic heterocycles. The van der Waals surface area contributed by atoms with E-state index in [1.165, 1.54) is 0 Å². The number of esters is 2. The van der Waals surface area contributed by atoms with Crippen molar-refractivity contribution in [1.82, 2.24) is 0 Å². The largest absolute Gasteiger partial charge is 0.462 e. The summed E-state index contributed by atoms with van der Waals surface area (Å²) in [6, 6.07) is 0. The van der Waals surface area contributed by atoms with E-state index < -0.39 is 17.4 Å². The Hall–Kier alpha value is -1.30. The molecule has 1 aliphatic carbocycles. The van der Waals surface area contributed by atoms with Gasteiger partial charge >= 0.3 is 11.9 Å². The monoisotopic (exact) mass is 422 g/mol. The van der Waals surface area contributed by atoms with Crippen LogP contribution in [0.2, 0.25) is 0 Å². The minimum atomic E-state index is -1.16. The Morgan fingerprint density at radius 1 is 0.552 bits per heavy atom. The van der Waals surface area contributed by atoms with E-state index in [-0.39, 0.29) is 26.4 Å². The molecule has 0 aromatic carbocycles. The summed E-state index contributed by atoms with van der Waals surface area (Å²) >= 11 is 0. The molecule has 10 heteroatoms. The van der Waals surface area contributed by atoms with Crippen LogP contribution in [0.5, 0.6) is 0 Å². The van der Waals surface area contributed by atoms with Gasteiger partial charge in [-0.3, -0.25) is 9.59 Å². The zero-order chi connectivity index (χ0) is 21.2. The van der Waals surface area contributed by atoms with Crippen LogP contribution in [0.15, 0.2) is 0 Å². The molecule has 1 saturated carbocycles. The maximum atomic E-state index is 12.2. The molecule has 0 heterocycles. The standard InChI is InChI=1S/C19H34O10/c1-22-5-7-24-9-11-26-13-15-28-17(20)19(3-4-19)18(21)29-16-14-27-12-10-25-8-6-23-2/h3-16H2,1-2H3. The van der Waals surface area contributed by atoms with Crippen molar-refractivity contribution in [3.05, 3.63) is 0 Å². The molecule has 0 atom stereocenters. The fourth-order valence-electron chi connectivity index (χ4n) is 2.21. The Labute approximate surface area is 172 Å². The minimum absolute atomic E-state index is 0.0815. The van der Waals surface area contributed by atoms with Crippen molar-refractivity contribution in [2.75, 3.05) is 93.5 Å². The quantitative estimate of drug-likeness (QED) is 0.153. The van der Waals surface area contributed by atoms with Crippen molar-refractivity contribution in [3.8, 4) is 0 Å². The first-order valence-corrected chi connectivity index (χ1v) is 9.80. The van der Waals surface area contributed by atoms with E-state index in [4.69, 9.17) is 37.9 Å². The predicted octanol–water partition coefficient (Wildman–Crippen LogP) is 0.212. The number of methoxy groups -OCH3 is 2. The zero-order valence-electron chi connectivity index (χ0n) is 17.5. The lowest BCUT2D eigenvalue weighted by Crippen LogP contribution is -2.31. The van der Waals surface area contributed by atoms with Crippen LogP contribution >= 0.6 is 0 Å². The van der Waals surface area contributed by atoms with Gasteiger partial charge in [0.25, 0.3) is 0 Å². The Bertz CT molecular complexity index is 403. The Kier molecular flexibility index (Phi) is 14.6. The van der Waals surface area contributed by atoms with Crippen molar-refractivity contribution in [2.45, 2.75) is 12.8 Å². The highest BCUT2D eigenvalue weighted by atomic mass is 16.6. The molecule has 1 fully saturated rings. The number of ether oxygens (including phenoxy) is 8. The lowest BCUT2D eigenvalue weighted by molar-refractivity contribution is -0.166. The maximum Gasteiger partial charge on any atom is 0.323 e. The first-order chi connectivity index (χ1) is 14.2. The Balaban J connectivity index is 2.01. The van der Waals surface area contributed by atoms with Gasteiger partial charge in [-0.05, 0) is 12.8 Å². The average molecular weight is 422 g/mol. The summed E-state index contributed by atoms with van der Waals surface area (Å²) in [5.41, 5.74) is -1.16. The van der Waals surface area contributed by atoms with Crippen LogP contribution in [0.3, 0.4) is 0 Å². The van der Waals surface area contributed by atoms with Crippen LogP contribution in [0, 0.1) is 5.41 Å². The third-order valence-corrected chi connectivity index (χ3v) is 4.06. The summed E-state index contributed by atoms with van der Waals surface area (Å²) in [7, 11) is 3.21.